The maximum atomic E-state index is 11.9. The number of aromatic nitrogens is 2. The first kappa shape index (κ1) is 7.85. The van der Waals surface area contributed by atoms with Crippen LogP contribution in [0.1, 0.15) is 13.1 Å². The van der Waals surface area contributed by atoms with Crippen LogP contribution in [0.15, 0.2) is 21.8 Å². The van der Waals surface area contributed by atoms with Crippen LogP contribution in [0, 0.1) is 0 Å². The fourth-order valence-corrected chi connectivity index (χ4v) is 1.73. The van der Waals surface area contributed by atoms with Gasteiger partial charge in [-0.3, -0.25) is 14.3 Å². The van der Waals surface area contributed by atoms with Gasteiger partial charge < -0.3 is 19.7 Å². The van der Waals surface area contributed by atoms with Crippen LogP contribution in [0.3, 0.4) is 0 Å². The zero-order valence-corrected chi connectivity index (χ0v) is 8.99. The Bertz CT molecular complexity index is 700. The van der Waals surface area contributed by atoms with E-state index in [9.17, 15) is 14.7 Å². The molecule has 0 bridgehead atoms. The second kappa shape index (κ2) is 5.02. The molecule has 1 aromatic rings. The van der Waals surface area contributed by atoms with Gasteiger partial charge >= 0.3 is 5.69 Å². The second-order valence-corrected chi connectivity index (χ2v) is 3.69. The molecule has 1 aromatic heterocycles. The number of aliphatic hydroxyl groups is 2. The second-order valence-electron chi connectivity index (χ2n) is 3.69. The molecule has 0 unspecified atom stereocenters. The molecule has 8 nitrogen and oxygen atoms in total. The van der Waals surface area contributed by atoms with Gasteiger partial charge in [0.15, 0.2) is 6.23 Å². The van der Waals surface area contributed by atoms with E-state index >= 15 is 0 Å². The Morgan fingerprint density at radius 1 is 1.72 bits per heavy atom. The third kappa shape index (κ3) is 2.10. The molecule has 0 aromatic carbocycles. The average Bonchev–Trinajstić information content (AvgIpc) is 2.72. The molecule has 1 fully saturated rings. The SMILES string of the molecule is [2H]c1c([2H])n([C@@H]2O[C@H](CO)[C@@H](O)[C@H]2OC([2H])([2H])[2H])c(=O)[nH]c1=O. The molecule has 18 heavy (non-hydrogen) atoms. The maximum Gasteiger partial charge on any atom is 0.330 e. The quantitative estimate of drug-likeness (QED) is 0.570. The summed E-state index contributed by atoms with van der Waals surface area (Å²) in [4.78, 5) is 25.0. The van der Waals surface area contributed by atoms with E-state index < -0.39 is 61.6 Å². The van der Waals surface area contributed by atoms with Crippen LogP contribution in [0.5, 0.6) is 0 Å². The monoisotopic (exact) mass is 263 g/mol. The molecule has 0 radical (unpaired) electrons. The van der Waals surface area contributed by atoms with Crippen molar-refractivity contribution in [2.75, 3.05) is 13.6 Å². The fourth-order valence-electron chi connectivity index (χ4n) is 1.73. The predicted molar refractivity (Wildman–Crippen MR) is 59.1 cm³/mol. The number of hydrogen-bond donors (Lipinski definition) is 3. The van der Waals surface area contributed by atoms with Crippen molar-refractivity contribution in [2.45, 2.75) is 24.5 Å². The first-order chi connectivity index (χ1) is 10.6. The highest BCUT2D eigenvalue weighted by Crippen LogP contribution is 2.29. The Kier molecular flexibility index (Phi) is 2.19. The van der Waals surface area contributed by atoms with Crippen molar-refractivity contribution < 1.29 is 26.5 Å². The molecular weight excluding hydrogens is 244 g/mol. The van der Waals surface area contributed by atoms with Crippen LogP contribution in [-0.4, -0.2) is 51.7 Å². The van der Waals surface area contributed by atoms with Crippen LogP contribution in [-0.2, 0) is 9.47 Å². The molecule has 2 heterocycles. The highest BCUT2D eigenvalue weighted by atomic mass is 16.6. The van der Waals surface area contributed by atoms with E-state index in [1.807, 2.05) is 0 Å². The molecule has 1 saturated heterocycles. The number of ether oxygens (including phenoxy) is 2. The summed E-state index contributed by atoms with van der Waals surface area (Å²) in [6.07, 6.45) is -6.93. The molecule has 1 aliphatic heterocycles. The lowest BCUT2D eigenvalue weighted by molar-refractivity contribution is -0.0625. The van der Waals surface area contributed by atoms with E-state index in [-0.39, 0.29) is 0 Å². The normalized spacial score (nSPS) is 36.4. The maximum absolute atomic E-state index is 11.9. The molecule has 0 saturated carbocycles. The van der Waals surface area contributed by atoms with Crippen molar-refractivity contribution in [2.24, 2.45) is 0 Å². The summed E-state index contributed by atoms with van der Waals surface area (Å²) in [6.45, 7) is -0.697. The van der Waals surface area contributed by atoms with E-state index in [4.69, 9.17) is 21.4 Å². The lowest BCUT2D eigenvalue weighted by Gasteiger charge is -2.19. The van der Waals surface area contributed by atoms with Gasteiger partial charge in [-0.1, -0.05) is 0 Å². The van der Waals surface area contributed by atoms with E-state index in [2.05, 4.69) is 0 Å². The predicted octanol–water partition coefficient (Wildman–Crippen LogP) is -2.20. The Balaban J connectivity index is 2.54. The van der Waals surface area contributed by atoms with Crippen molar-refractivity contribution in [3.05, 3.63) is 33.1 Å². The zero-order valence-electron chi connectivity index (χ0n) is 14.0. The summed E-state index contributed by atoms with van der Waals surface area (Å²) in [6, 6.07) is -0.845. The number of nitrogens with one attached hydrogen (secondary N) is 1. The molecule has 2 rings (SSSR count). The Morgan fingerprint density at radius 2 is 2.50 bits per heavy atom. The summed E-state index contributed by atoms with van der Waals surface area (Å²) >= 11 is 0. The number of aromatic amines is 1. The average molecular weight is 263 g/mol. The summed E-state index contributed by atoms with van der Waals surface area (Å²) in [7, 11) is -2.95. The van der Waals surface area contributed by atoms with Crippen molar-refractivity contribution in [3.63, 3.8) is 0 Å². The summed E-state index contributed by atoms with van der Waals surface area (Å²) in [5, 5.41) is 19.1. The van der Waals surface area contributed by atoms with E-state index in [1.165, 1.54) is 0 Å². The van der Waals surface area contributed by atoms with Gasteiger partial charge in [-0.05, 0) is 0 Å². The van der Waals surface area contributed by atoms with Crippen molar-refractivity contribution in [1.82, 2.24) is 9.55 Å². The molecule has 0 amide bonds. The molecule has 4 atom stereocenters. The van der Waals surface area contributed by atoms with Gasteiger partial charge in [0.1, 0.15) is 18.3 Å². The Morgan fingerprint density at radius 3 is 3.17 bits per heavy atom. The number of aliphatic hydroxyl groups excluding tert-OH is 2. The standard InChI is InChI=1S/C10H14N2O6/c1-17-8-7(15)5(4-13)18-9(8)12-3-2-6(14)11-10(12)16/h2-3,5,7-9,13,15H,4H2,1H3,(H,11,14,16)/t5-,7-,8-,9-/m1/s1/i1D3,2D,3D. The van der Waals surface area contributed by atoms with Crippen molar-refractivity contribution >= 4 is 0 Å². The highest BCUT2D eigenvalue weighted by Gasteiger charge is 2.45. The lowest BCUT2D eigenvalue weighted by Crippen LogP contribution is -2.38. The minimum atomic E-state index is -2.95. The molecule has 0 aliphatic carbocycles. The number of H-pyrrole nitrogens is 1. The third-order valence-corrected chi connectivity index (χ3v) is 2.61. The van der Waals surface area contributed by atoms with Crippen LogP contribution in [0.25, 0.3) is 0 Å². The van der Waals surface area contributed by atoms with E-state index in [1.54, 1.807) is 4.98 Å². The Labute approximate surface area is 108 Å². The molecule has 3 N–H and O–H groups in total. The van der Waals surface area contributed by atoms with Gasteiger partial charge in [-0.2, -0.15) is 0 Å². The molecule has 100 valence electrons. The molecular formula is C10H14N2O6. The summed E-state index contributed by atoms with van der Waals surface area (Å²) in [5.41, 5.74) is -2.23. The fraction of sp³-hybridized carbons (Fsp3) is 0.600. The molecule has 1 aliphatic rings. The topological polar surface area (TPSA) is 114 Å². The molecule has 8 heteroatoms. The summed E-state index contributed by atoms with van der Waals surface area (Å²) < 4.78 is 46.8. The smallest absolute Gasteiger partial charge is 0.330 e. The van der Waals surface area contributed by atoms with E-state index in [0.29, 0.717) is 4.57 Å². The third-order valence-electron chi connectivity index (χ3n) is 2.61. The lowest BCUT2D eigenvalue weighted by atomic mass is 10.1. The van der Waals surface area contributed by atoms with Crippen LogP contribution >= 0.6 is 0 Å². The number of methoxy groups -OCH3 is 1. The van der Waals surface area contributed by atoms with Gasteiger partial charge in [-0.25, -0.2) is 4.79 Å². The largest absolute Gasteiger partial charge is 0.394 e. The minimum absolute atomic E-state index is 0.485. The number of rotatable bonds is 3. The van der Waals surface area contributed by atoms with Gasteiger partial charge in [-0.15, -0.1) is 0 Å². The molecule has 0 spiro atoms. The first-order valence-electron chi connectivity index (χ1n) is 7.51. The minimum Gasteiger partial charge on any atom is -0.394 e. The van der Waals surface area contributed by atoms with Gasteiger partial charge in [0.05, 0.1) is 13.5 Å². The van der Waals surface area contributed by atoms with Crippen LogP contribution in [0.4, 0.5) is 0 Å². The zero-order chi connectivity index (χ0) is 17.5. The van der Waals surface area contributed by atoms with E-state index in [0.717, 1.165) is 0 Å². The van der Waals surface area contributed by atoms with Crippen molar-refractivity contribution in [1.29, 1.82) is 0 Å². The van der Waals surface area contributed by atoms with Crippen LogP contribution < -0.4 is 11.2 Å². The van der Waals surface area contributed by atoms with Gasteiger partial charge in [0.25, 0.3) is 5.56 Å². The highest BCUT2D eigenvalue weighted by molar-refractivity contribution is 4.93. The Hall–Kier alpha value is -1.48. The van der Waals surface area contributed by atoms with Gasteiger partial charge in [0.2, 0.25) is 0 Å². The summed E-state index contributed by atoms with van der Waals surface area (Å²) in [5.74, 6) is 0. The number of nitrogens with zero attached hydrogens (tertiary/aromatic N) is 1. The van der Waals surface area contributed by atoms with Crippen LogP contribution in [0.2, 0.25) is 0 Å². The van der Waals surface area contributed by atoms with Crippen molar-refractivity contribution in [3.8, 4) is 0 Å². The van der Waals surface area contributed by atoms with Gasteiger partial charge in [0, 0.05) is 19.3 Å². The first-order valence-corrected chi connectivity index (χ1v) is 5.01. The number of hydrogen-bond acceptors (Lipinski definition) is 6.